The molecule has 2 heteroatoms. The van der Waals surface area contributed by atoms with E-state index in [-0.39, 0.29) is 0 Å². The molecule has 0 bridgehead atoms. The van der Waals surface area contributed by atoms with Crippen LogP contribution in [0, 0.1) is 17.3 Å². The monoisotopic (exact) mass is 266 g/mol. The van der Waals surface area contributed by atoms with E-state index in [1.165, 1.54) is 58.0 Å². The summed E-state index contributed by atoms with van der Waals surface area (Å²) in [5.41, 5.74) is 6.57. The lowest BCUT2D eigenvalue weighted by molar-refractivity contribution is 0.0284. The molecule has 0 aromatic heterocycles. The van der Waals surface area contributed by atoms with Crippen molar-refractivity contribution in [2.45, 2.75) is 71.8 Å². The van der Waals surface area contributed by atoms with Crippen LogP contribution in [0.1, 0.15) is 65.7 Å². The third-order valence-corrected chi connectivity index (χ3v) is 6.13. The van der Waals surface area contributed by atoms with Crippen molar-refractivity contribution in [1.29, 1.82) is 0 Å². The van der Waals surface area contributed by atoms with E-state index >= 15 is 0 Å². The first-order valence-electron chi connectivity index (χ1n) is 8.52. The molecule has 2 fully saturated rings. The van der Waals surface area contributed by atoms with Gasteiger partial charge in [0.2, 0.25) is 0 Å². The van der Waals surface area contributed by atoms with Crippen molar-refractivity contribution in [2.75, 3.05) is 19.6 Å². The van der Waals surface area contributed by atoms with Gasteiger partial charge in [-0.2, -0.15) is 0 Å². The zero-order valence-electron chi connectivity index (χ0n) is 13.3. The summed E-state index contributed by atoms with van der Waals surface area (Å²) in [5, 5.41) is 0. The van der Waals surface area contributed by atoms with Gasteiger partial charge in [-0.05, 0) is 69.0 Å². The quantitative estimate of drug-likeness (QED) is 0.841. The molecular weight excluding hydrogens is 232 g/mol. The van der Waals surface area contributed by atoms with Crippen molar-refractivity contribution in [1.82, 2.24) is 4.90 Å². The molecule has 1 saturated carbocycles. The average molecular weight is 266 g/mol. The minimum Gasteiger partial charge on any atom is -0.330 e. The van der Waals surface area contributed by atoms with Crippen LogP contribution in [-0.4, -0.2) is 30.6 Å². The summed E-state index contributed by atoms with van der Waals surface area (Å²) in [7, 11) is 0. The highest BCUT2D eigenvalue weighted by Gasteiger charge is 2.39. The van der Waals surface area contributed by atoms with E-state index in [1.807, 2.05) is 0 Å². The predicted molar refractivity (Wildman–Crippen MR) is 83.2 cm³/mol. The SMILES string of the molecule is CCC(C)(C)C1CCC(CN)C(N2CCCCC2)C1. The lowest BCUT2D eigenvalue weighted by atomic mass is 9.65. The third kappa shape index (κ3) is 3.52. The van der Waals surface area contributed by atoms with Gasteiger partial charge in [0, 0.05) is 6.04 Å². The Morgan fingerprint density at radius 3 is 2.37 bits per heavy atom. The van der Waals surface area contributed by atoms with Crippen LogP contribution >= 0.6 is 0 Å². The second kappa shape index (κ2) is 6.58. The van der Waals surface area contributed by atoms with Gasteiger partial charge in [0.1, 0.15) is 0 Å². The molecule has 1 heterocycles. The van der Waals surface area contributed by atoms with Crippen molar-refractivity contribution in [3.05, 3.63) is 0 Å². The smallest absolute Gasteiger partial charge is 0.0138 e. The molecule has 2 aliphatic rings. The highest BCUT2D eigenvalue weighted by Crippen LogP contribution is 2.43. The van der Waals surface area contributed by atoms with Crippen molar-refractivity contribution < 1.29 is 0 Å². The maximum atomic E-state index is 6.06. The molecule has 2 N–H and O–H groups in total. The normalized spacial score (nSPS) is 34.4. The van der Waals surface area contributed by atoms with Gasteiger partial charge in [0.15, 0.2) is 0 Å². The van der Waals surface area contributed by atoms with Gasteiger partial charge in [-0.15, -0.1) is 0 Å². The first-order chi connectivity index (χ1) is 9.08. The largest absolute Gasteiger partial charge is 0.330 e. The van der Waals surface area contributed by atoms with E-state index in [2.05, 4.69) is 25.7 Å². The zero-order chi connectivity index (χ0) is 13.9. The highest BCUT2D eigenvalue weighted by atomic mass is 15.2. The van der Waals surface area contributed by atoms with Gasteiger partial charge in [0.25, 0.3) is 0 Å². The zero-order valence-corrected chi connectivity index (χ0v) is 13.3. The average Bonchev–Trinajstić information content (AvgIpc) is 2.47. The van der Waals surface area contributed by atoms with Crippen LogP contribution in [0.2, 0.25) is 0 Å². The molecule has 3 unspecified atom stereocenters. The van der Waals surface area contributed by atoms with Gasteiger partial charge >= 0.3 is 0 Å². The van der Waals surface area contributed by atoms with E-state index in [0.717, 1.165) is 24.4 Å². The number of piperidine rings is 1. The van der Waals surface area contributed by atoms with Gasteiger partial charge in [0.05, 0.1) is 0 Å². The molecule has 19 heavy (non-hydrogen) atoms. The number of nitrogens with two attached hydrogens (primary N) is 1. The first-order valence-corrected chi connectivity index (χ1v) is 8.52. The number of nitrogens with zero attached hydrogens (tertiary/aromatic N) is 1. The molecule has 112 valence electrons. The Bertz CT molecular complexity index is 268. The van der Waals surface area contributed by atoms with Gasteiger partial charge in [-0.1, -0.05) is 33.6 Å². The Labute approximate surface area is 120 Å². The predicted octanol–water partition coefficient (Wildman–Crippen LogP) is 3.65. The molecule has 1 saturated heterocycles. The maximum Gasteiger partial charge on any atom is 0.0138 e. The lowest BCUT2D eigenvalue weighted by Gasteiger charge is -2.48. The second-order valence-electron chi connectivity index (χ2n) is 7.51. The van der Waals surface area contributed by atoms with Gasteiger partial charge in [-0.25, -0.2) is 0 Å². The van der Waals surface area contributed by atoms with Crippen LogP contribution in [0.4, 0.5) is 0 Å². The van der Waals surface area contributed by atoms with Crippen LogP contribution in [-0.2, 0) is 0 Å². The van der Waals surface area contributed by atoms with E-state index in [0.29, 0.717) is 5.41 Å². The molecule has 1 aliphatic heterocycles. The molecule has 0 amide bonds. The van der Waals surface area contributed by atoms with E-state index < -0.39 is 0 Å². The minimum absolute atomic E-state index is 0.508. The molecular formula is C17H34N2. The van der Waals surface area contributed by atoms with E-state index in [9.17, 15) is 0 Å². The standard InChI is InChI=1S/C17H34N2/c1-4-17(2,3)15-9-8-14(13-18)16(12-15)19-10-6-5-7-11-19/h14-16H,4-13,18H2,1-3H3. The lowest BCUT2D eigenvalue weighted by Crippen LogP contribution is -2.50. The van der Waals surface area contributed by atoms with Crippen LogP contribution < -0.4 is 5.73 Å². The Balaban J connectivity index is 2.04. The fraction of sp³-hybridized carbons (Fsp3) is 1.00. The van der Waals surface area contributed by atoms with Gasteiger partial charge < -0.3 is 10.6 Å². The highest BCUT2D eigenvalue weighted by molar-refractivity contribution is 4.92. The molecule has 1 aliphatic carbocycles. The van der Waals surface area contributed by atoms with Gasteiger partial charge in [-0.3, -0.25) is 0 Å². The van der Waals surface area contributed by atoms with Crippen LogP contribution in [0.15, 0.2) is 0 Å². The van der Waals surface area contributed by atoms with Crippen LogP contribution in [0.3, 0.4) is 0 Å². The summed E-state index contributed by atoms with van der Waals surface area (Å²) < 4.78 is 0. The Morgan fingerprint density at radius 1 is 1.11 bits per heavy atom. The number of hydrogen-bond donors (Lipinski definition) is 1. The van der Waals surface area contributed by atoms with E-state index in [4.69, 9.17) is 5.73 Å². The van der Waals surface area contributed by atoms with Crippen LogP contribution in [0.25, 0.3) is 0 Å². The van der Waals surface area contributed by atoms with Crippen molar-refractivity contribution in [3.8, 4) is 0 Å². The molecule has 0 radical (unpaired) electrons. The Hall–Kier alpha value is -0.0800. The summed E-state index contributed by atoms with van der Waals surface area (Å²) in [4.78, 5) is 2.78. The van der Waals surface area contributed by atoms with Crippen molar-refractivity contribution in [3.63, 3.8) is 0 Å². The maximum absolute atomic E-state index is 6.06. The van der Waals surface area contributed by atoms with Crippen molar-refractivity contribution in [2.24, 2.45) is 23.0 Å². The van der Waals surface area contributed by atoms with Crippen LogP contribution in [0.5, 0.6) is 0 Å². The fourth-order valence-corrected chi connectivity index (χ4v) is 4.18. The van der Waals surface area contributed by atoms with E-state index in [1.54, 1.807) is 0 Å². The summed E-state index contributed by atoms with van der Waals surface area (Å²) in [6, 6.07) is 0.773. The first kappa shape index (κ1) is 15.3. The molecule has 0 spiro atoms. The summed E-state index contributed by atoms with van der Waals surface area (Å²) in [5.74, 6) is 1.65. The molecule has 0 aromatic rings. The summed E-state index contributed by atoms with van der Waals surface area (Å²) >= 11 is 0. The molecule has 2 nitrogen and oxygen atoms in total. The Kier molecular flexibility index (Phi) is 5.30. The van der Waals surface area contributed by atoms with Crippen molar-refractivity contribution >= 4 is 0 Å². The third-order valence-electron chi connectivity index (χ3n) is 6.13. The molecule has 0 aromatic carbocycles. The summed E-state index contributed by atoms with van der Waals surface area (Å²) in [6.07, 6.45) is 9.67. The molecule has 2 rings (SSSR count). The number of hydrogen-bond acceptors (Lipinski definition) is 2. The summed E-state index contributed by atoms with van der Waals surface area (Å²) in [6.45, 7) is 10.8. The second-order valence-corrected chi connectivity index (χ2v) is 7.51. The fourth-order valence-electron chi connectivity index (χ4n) is 4.18. The number of likely N-dealkylation sites (tertiary alicyclic amines) is 1. The number of rotatable bonds is 4. The topological polar surface area (TPSA) is 29.3 Å². The molecule has 3 atom stereocenters. The minimum atomic E-state index is 0.508. The Morgan fingerprint density at radius 2 is 1.79 bits per heavy atom.